The largest absolute Gasteiger partial charge is 0.494 e. The fourth-order valence-electron chi connectivity index (χ4n) is 1.07. The number of halogens is 1. The molecule has 3 heteroatoms. The van der Waals surface area contributed by atoms with Crippen LogP contribution >= 0.6 is 15.9 Å². The van der Waals surface area contributed by atoms with Crippen molar-refractivity contribution in [2.75, 3.05) is 6.61 Å². The van der Waals surface area contributed by atoms with Gasteiger partial charge in [-0.3, -0.25) is 0 Å². The molecule has 0 bridgehead atoms. The van der Waals surface area contributed by atoms with Gasteiger partial charge in [-0.2, -0.15) is 5.26 Å². The lowest BCUT2D eigenvalue weighted by molar-refractivity contribution is 0.222. The first-order valence-corrected chi connectivity index (χ1v) is 5.12. The number of alkyl halides is 1. The van der Waals surface area contributed by atoms with E-state index in [2.05, 4.69) is 28.9 Å². The molecule has 1 aliphatic carbocycles. The number of hydrogen-bond donors (Lipinski definition) is 0. The predicted molar refractivity (Wildman–Crippen MR) is 55.4 cm³/mol. The smallest absolute Gasteiger partial charge is 0.137 e. The number of ether oxygens (including phenoxy) is 1. The average molecular weight is 242 g/mol. The van der Waals surface area contributed by atoms with Crippen molar-refractivity contribution in [3.8, 4) is 6.07 Å². The molecule has 1 rings (SSSR count). The lowest BCUT2D eigenvalue weighted by atomic mass is 10.0. The van der Waals surface area contributed by atoms with Crippen LogP contribution in [0.4, 0.5) is 0 Å². The van der Waals surface area contributed by atoms with Crippen molar-refractivity contribution < 1.29 is 4.74 Å². The normalized spacial score (nSPS) is 26.4. The highest BCUT2D eigenvalue weighted by Crippen LogP contribution is 2.29. The highest BCUT2D eigenvalue weighted by Gasteiger charge is 2.25. The molecule has 13 heavy (non-hydrogen) atoms. The fourth-order valence-corrected chi connectivity index (χ4v) is 1.48. The van der Waals surface area contributed by atoms with Gasteiger partial charge in [0, 0.05) is 0 Å². The summed E-state index contributed by atoms with van der Waals surface area (Å²) in [6.45, 7) is 2.75. The maximum absolute atomic E-state index is 8.86. The van der Waals surface area contributed by atoms with E-state index < -0.39 is 4.32 Å². The SMILES string of the molecule is CCCOC1=CC(Br)(C#N)CC=C1. The first-order valence-electron chi connectivity index (χ1n) is 4.32. The standard InChI is InChI=1S/C10H12BrNO/c1-2-6-13-9-4-3-5-10(11,7-9)8-12/h3-4,7H,2,5-6H2,1H3. The summed E-state index contributed by atoms with van der Waals surface area (Å²) >= 11 is 3.36. The molecule has 0 aromatic heterocycles. The molecule has 0 radical (unpaired) electrons. The number of allylic oxidation sites excluding steroid dienone is 3. The first kappa shape index (κ1) is 10.3. The Kier molecular flexibility index (Phi) is 3.56. The van der Waals surface area contributed by atoms with Gasteiger partial charge in [-0.1, -0.05) is 28.9 Å². The third kappa shape index (κ3) is 2.89. The van der Waals surface area contributed by atoms with Crippen molar-refractivity contribution in [2.45, 2.75) is 24.1 Å². The van der Waals surface area contributed by atoms with Crippen LogP contribution in [-0.2, 0) is 4.74 Å². The Morgan fingerprint density at radius 1 is 1.77 bits per heavy atom. The lowest BCUT2D eigenvalue weighted by Crippen LogP contribution is -2.17. The van der Waals surface area contributed by atoms with Crippen molar-refractivity contribution in [3.63, 3.8) is 0 Å². The maximum Gasteiger partial charge on any atom is 0.137 e. The van der Waals surface area contributed by atoms with Crippen molar-refractivity contribution in [1.82, 2.24) is 0 Å². The van der Waals surface area contributed by atoms with Crippen LogP contribution in [0.3, 0.4) is 0 Å². The van der Waals surface area contributed by atoms with Crippen molar-refractivity contribution in [1.29, 1.82) is 5.26 Å². The third-order valence-corrected chi connectivity index (χ3v) is 2.46. The third-order valence-electron chi connectivity index (χ3n) is 1.73. The van der Waals surface area contributed by atoms with Gasteiger partial charge in [-0.05, 0) is 25.0 Å². The Hall–Kier alpha value is -0.750. The van der Waals surface area contributed by atoms with Gasteiger partial charge in [-0.15, -0.1) is 0 Å². The highest BCUT2D eigenvalue weighted by molar-refractivity contribution is 9.10. The molecule has 1 unspecified atom stereocenters. The van der Waals surface area contributed by atoms with Crippen LogP contribution in [0.5, 0.6) is 0 Å². The van der Waals surface area contributed by atoms with E-state index in [1.165, 1.54) is 0 Å². The molecule has 0 saturated carbocycles. The van der Waals surface area contributed by atoms with E-state index >= 15 is 0 Å². The molecule has 0 amide bonds. The van der Waals surface area contributed by atoms with Crippen molar-refractivity contribution >= 4 is 15.9 Å². The van der Waals surface area contributed by atoms with Crippen LogP contribution in [0.25, 0.3) is 0 Å². The molecular weight excluding hydrogens is 230 g/mol. The molecule has 0 saturated heterocycles. The molecule has 0 heterocycles. The zero-order chi connectivity index (χ0) is 9.73. The Labute approximate surface area is 87.0 Å². The Balaban J connectivity index is 2.65. The number of nitriles is 1. The molecule has 0 aromatic carbocycles. The van der Waals surface area contributed by atoms with E-state index in [4.69, 9.17) is 10.00 Å². The second-order valence-corrected chi connectivity index (χ2v) is 4.39. The van der Waals surface area contributed by atoms with E-state index in [1.54, 1.807) is 0 Å². The molecule has 0 N–H and O–H groups in total. The Morgan fingerprint density at radius 2 is 2.54 bits per heavy atom. The summed E-state index contributed by atoms with van der Waals surface area (Å²) in [6.07, 6.45) is 7.35. The van der Waals surface area contributed by atoms with Crippen molar-refractivity contribution in [2.24, 2.45) is 0 Å². The van der Waals surface area contributed by atoms with Gasteiger partial charge < -0.3 is 4.74 Å². The second kappa shape index (κ2) is 4.48. The van der Waals surface area contributed by atoms with Gasteiger partial charge >= 0.3 is 0 Å². The molecule has 0 fully saturated rings. The van der Waals surface area contributed by atoms with E-state index in [0.29, 0.717) is 13.0 Å². The van der Waals surface area contributed by atoms with Gasteiger partial charge in [-0.25, -0.2) is 0 Å². The summed E-state index contributed by atoms with van der Waals surface area (Å²) in [5.74, 6) is 0.784. The molecule has 70 valence electrons. The molecule has 0 aliphatic heterocycles. The van der Waals surface area contributed by atoms with E-state index in [9.17, 15) is 0 Å². The van der Waals surface area contributed by atoms with Crippen LogP contribution in [0.2, 0.25) is 0 Å². The first-order chi connectivity index (χ1) is 6.20. The minimum absolute atomic E-state index is 0.565. The van der Waals surface area contributed by atoms with Crippen LogP contribution in [-0.4, -0.2) is 10.9 Å². The van der Waals surface area contributed by atoms with Gasteiger partial charge in [0.05, 0.1) is 12.7 Å². The highest BCUT2D eigenvalue weighted by atomic mass is 79.9. The minimum Gasteiger partial charge on any atom is -0.494 e. The summed E-state index contributed by atoms with van der Waals surface area (Å²) in [5, 5.41) is 8.86. The lowest BCUT2D eigenvalue weighted by Gasteiger charge is -2.18. The zero-order valence-electron chi connectivity index (χ0n) is 7.59. The van der Waals surface area contributed by atoms with E-state index in [1.807, 2.05) is 18.2 Å². The molecule has 0 aromatic rings. The summed E-state index contributed by atoms with van der Waals surface area (Å²) in [5.41, 5.74) is 0. The topological polar surface area (TPSA) is 33.0 Å². The Morgan fingerprint density at radius 3 is 3.15 bits per heavy atom. The summed E-state index contributed by atoms with van der Waals surface area (Å²) in [4.78, 5) is 0. The quantitative estimate of drug-likeness (QED) is 0.713. The van der Waals surface area contributed by atoms with Crippen LogP contribution < -0.4 is 0 Å². The van der Waals surface area contributed by atoms with Gasteiger partial charge in [0.2, 0.25) is 0 Å². The molecule has 0 spiro atoms. The van der Waals surface area contributed by atoms with Crippen LogP contribution in [0.1, 0.15) is 19.8 Å². The van der Waals surface area contributed by atoms with Crippen molar-refractivity contribution in [3.05, 3.63) is 24.0 Å². The van der Waals surface area contributed by atoms with E-state index in [-0.39, 0.29) is 0 Å². The molecule has 1 atom stereocenters. The number of hydrogen-bond acceptors (Lipinski definition) is 2. The monoisotopic (exact) mass is 241 g/mol. The fraction of sp³-hybridized carbons (Fsp3) is 0.500. The number of nitrogens with zero attached hydrogens (tertiary/aromatic N) is 1. The van der Waals surface area contributed by atoms with Crippen LogP contribution in [0, 0.1) is 11.3 Å². The number of rotatable bonds is 3. The van der Waals surface area contributed by atoms with E-state index in [0.717, 1.165) is 12.2 Å². The molecular formula is C10H12BrNO. The summed E-state index contributed by atoms with van der Waals surface area (Å²) in [6, 6.07) is 2.20. The minimum atomic E-state index is -0.565. The second-order valence-electron chi connectivity index (χ2n) is 2.98. The van der Waals surface area contributed by atoms with Gasteiger partial charge in [0.25, 0.3) is 0 Å². The Bertz CT molecular complexity index is 277. The molecule has 1 aliphatic rings. The van der Waals surface area contributed by atoms with Gasteiger partial charge in [0.15, 0.2) is 0 Å². The summed E-state index contributed by atoms with van der Waals surface area (Å²) in [7, 11) is 0. The summed E-state index contributed by atoms with van der Waals surface area (Å²) < 4.78 is 4.86. The zero-order valence-corrected chi connectivity index (χ0v) is 9.17. The molecule has 2 nitrogen and oxygen atoms in total. The van der Waals surface area contributed by atoms with Gasteiger partial charge in [0.1, 0.15) is 10.1 Å². The van der Waals surface area contributed by atoms with Crippen LogP contribution in [0.15, 0.2) is 24.0 Å². The maximum atomic E-state index is 8.86. The average Bonchev–Trinajstić information content (AvgIpc) is 2.15. The predicted octanol–water partition coefficient (Wildman–Crippen LogP) is 2.91.